The predicted octanol–water partition coefficient (Wildman–Crippen LogP) is 2.44. The summed E-state index contributed by atoms with van der Waals surface area (Å²) >= 11 is 0. The third-order valence-electron chi connectivity index (χ3n) is 4.03. The van der Waals surface area contributed by atoms with Crippen LogP contribution in [0.25, 0.3) is 16.5 Å². The van der Waals surface area contributed by atoms with Crippen molar-refractivity contribution in [3.05, 3.63) is 47.9 Å². The lowest BCUT2D eigenvalue weighted by molar-refractivity contribution is -0.119. The van der Waals surface area contributed by atoms with E-state index in [2.05, 4.69) is 20.6 Å². The topological polar surface area (TPSA) is 84.0 Å². The molecule has 0 bridgehead atoms. The number of hydrogen-bond donors (Lipinski definition) is 2. The van der Waals surface area contributed by atoms with Gasteiger partial charge in [-0.1, -0.05) is 13.0 Å². The number of aromatic nitrogens is 2. The van der Waals surface area contributed by atoms with E-state index in [0.29, 0.717) is 18.6 Å². The lowest BCUT2D eigenvalue weighted by atomic mass is 9.94. The van der Waals surface area contributed by atoms with Gasteiger partial charge in [-0.25, -0.2) is 4.98 Å². The maximum atomic E-state index is 11.8. The summed E-state index contributed by atoms with van der Waals surface area (Å²) in [7, 11) is 0. The highest BCUT2D eigenvalue weighted by atomic mass is 16.1. The van der Waals surface area contributed by atoms with Crippen LogP contribution in [0.5, 0.6) is 0 Å². The zero-order chi connectivity index (χ0) is 17.1. The van der Waals surface area contributed by atoms with Gasteiger partial charge in [0.2, 0.25) is 6.41 Å². The van der Waals surface area contributed by atoms with Gasteiger partial charge in [-0.3, -0.25) is 14.6 Å². The molecule has 2 N–H and O–H groups in total. The van der Waals surface area contributed by atoms with Crippen LogP contribution >= 0.6 is 0 Å². The fourth-order valence-electron chi connectivity index (χ4n) is 2.70. The normalized spacial score (nSPS) is 16.8. The molecule has 0 aliphatic carbocycles. The number of carbonyl (C=O) groups is 2. The number of carbonyl (C=O) groups excluding carboxylic acids is 2. The van der Waals surface area contributed by atoms with Gasteiger partial charge < -0.3 is 10.6 Å². The molecule has 6 heteroatoms. The van der Waals surface area contributed by atoms with Gasteiger partial charge in [-0.05, 0) is 18.6 Å². The number of rotatable bonds is 5. The summed E-state index contributed by atoms with van der Waals surface area (Å²) in [6.45, 7) is 3.85. The quantitative estimate of drug-likeness (QED) is 0.826. The average molecular weight is 322 g/mol. The molecule has 3 rings (SSSR count). The number of fused-ring (bicyclic) bond motifs is 1. The summed E-state index contributed by atoms with van der Waals surface area (Å²) in [5, 5.41) is 6.53. The SMILES string of the molecule is CCC(=O)C1C=C(C)C(c2cnc3cc(NC=O)ncc3c2)=CN1. The Kier molecular flexibility index (Phi) is 4.37. The van der Waals surface area contributed by atoms with Crippen molar-refractivity contribution in [2.24, 2.45) is 0 Å². The number of hydrogen-bond acceptors (Lipinski definition) is 5. The minimum atomic E-state index is -0.259. The Morgan fingerprint density at radius 2 is 2.17 bits per heavy atom. The molecule has 0 saturated heterocycles. The van der Waals surface area contributed by atoms with Gasteiger partial charge in [0.15, 0.2) is 5.78 Å². The van der Waals surface area contributed by atoms with E-state index < -0.39 is 0 Å². The maximum Gasteiger partial charge on any atom is 0.212 e. The summed E-state index contributed by atoms with van der Waals surface area (Å²) in [6.07, 6.45) is 8.36. The van der Waals surface area contributed by atoms with Crippen LogP contribution in [0.3, 0.4) is 0 Å². The van der Waals surface area contributed by atoms with Gasteiger partial charge in [-0.15, -0.1) is 0 Å². The van der Waals surface area contributed by atoms with E-state index in [-0.39, 0.29) is 11.8 Å². The van der Waals surface area contributed by atoms with E-state index in [1.807, 2.05) is 32.2 Å². The smallest absolute Gasteiger partial charge is 0.212 e. The molecule has 1 atom stereocenters. The molecule has 2 aromatic heterocycles. The van der Waals surface area contributed by atoms with Crippen LogP contribution in [0, 0.1) is 0 Å². The van der Waals surface area contributed by atoms with Crippen molar-refractivity contribution in [2.75, 3.05) is 5.32 Å². The van der Waals surface area contributed by atoms with Crippen molar-refractivity contribution in [1.82, 2.24) is 15.3 Å². The second kappa shape index (κ2) is 6.62. The van der Waals surface area contributed by atoms with Crippen LogP contribution in [-0.2, 0) is 9.59 Å². The first kappa shape index (κ1) is 15.9. The molecule has 0 fully saturated rings. The summed E-state index contributed by atoms with van der Waals surface area (Å²) in [5.41, 5.74) is 3.74. The lowest BCUT2D eigenvalue weighted by Gasteiger charge is -2.21. The van der Waals surface area contributed by atoms with Gasteiger partial charge in [0.1, 0.15) is 11.9 Å². The van der Waals surface area contributed by atoms with Crippen LogP contribution in [0.4, 0.5) is 5.82 Å². The number of ketones is 1. The highest BCUT2D eigenvalue weighted by Crippen LogP contribution is 2.27. The van der Waals surface area contributed by atoms with Gasteiger partial charge in [0, 0.05) is 47.6 Å². The summed E-state index contributed by atoms with van der Waals surface area (Å²) in [4.78, 5) is 30.9. The zero-order valence-corrected chi connectivity index (χ0v) is 13.5. The van der Waals surface area contributed by atoms with Crippen LogP contribution < -0.4 is 10.6 Å². The number of nitrogens with one attached hydrogen (secondary N) is 2. The van der Waals surface area contributed by atoms with Gasteiger partial charge in [0.05, 0.1) is 5.52 Å². The Labute approximate surface area is 139 Å². The number of anilines is 1. The first-order chi connectivity index (χ1) is 11.6. The molecule has 0 aromatic carbocycles. The van der Waals surface area contributed by atoms with E-state index in [1.54, 1.807) is 18.5 Å². The predicted molar refractivity (Wildman–Crippen MR) is 93.2 cm³/mol. The first-order valence-electron chi connectivity index (χ1n) is 7.76. The Morgan fingerprint density at radius 1 is 1.33 bits per heavy atom. The Hall–Kier alpha value is -3.02. The highest BCUT2D eigenvalue weighted by molar-refractivity contribution is 5.91. The molecular weight excluding hydrogens is 304 g/mol. The van der Waals surface area contributed by atoms with E-state index in [4.69, 9.17) is 0 Å². The van der Waals surface area contributed by atoms with Gasteiger partial charge >= 0.3 is 0 Å². The Balaban J connectivity index is 1.91. The van der Waals surface area contributed by atoms with Crippen LogP contribution in [-0.4, -0.2) is 28.2 Å². The summed E-state index contributed by atoms with van der Waals surface area (Å²) < 4.78 is 0. The van der Waals surface area contributed by atoms with Crippen molar-refractivity contribution in [3.63, 3.8) is 0 Å². The van der Waals surface area contributed by atoms with Crippen molar-refractivity contribution in [2.45, 2.75) is 26.3 Å². The minimum Gasteiger partial charge on any atom is -0.378 e. The van der Waals surface area contributed by atoms with E-state index in [1.165, 1.54) is 0 Å². The summed E-state index contributed by atoms with van der Waals surface area (Å²) in [5.74, 6) is 0.633. The number of nitrogens with zero attached hydrogens (tertiary/aromatic N) is 2. The largest absolute Gasteiger partial charge is 0.378 e. The molecule has 3 heterocycles. The highest BCUT2D eigenvalue weighted by Gasteiger charge is 2.18. The Morgan fingerprint density at radius 3 is 2.88 bits per heavy atom. The molecule has 2 aromatic rings. The third-order valence-corrected chi connectivity index (χ3v) is 4.03. The molecule has 1 unspecified atom stereocenters. The van der Waals surface area contributed by atoms with Gasteiger partial charge in [-0.2, -0.15) is 0 Å². The van der Waals surface area contributed by atoms with E-state index in [0.717, 1.165) is 27.6 Å². The number of pyridine rings is 2. The van der Waals surface area contributed by atoms with E-state index in [9.17, 15) is 9.59 Å². The molecule has 0 radical (unpaired) electrons. The standard InChI is InChI=1S/C18H18N4O2/c1-3-17(24)16-4-11(2)14(9-20-16)12-5-13-8-21-18(22-10-23)6-15(13)19-7-12/h4-10,16,20H,3H2,1-2H3,(H,21,22,23). The maximum absolute atomic E-state index is 11.8. The summed E-state index contributed by atoms with van der Waals surface area (Å²) in [6, 6.07) is 3.46. The Bertz CT molecular complexity index is 870. The van der Waals surface area contributed by atoms with Crippen LogP contribution in [0.1, 0.15) is 25.8 Å². The number of Topliss-reactive ketones (excluding diaryl/α,β-unsaturated/α-hetero) is 1. The second-order valence-corrected chi connectivity index (χ2v) is 5.62. The molecule has 122 valence electrons. The number of dihydropyridines is 1. The molecule has 0 saturated carbocycles. The monoisotopic (exact) mass is 322 g/mol. The molecule has 0 spiro atoms. The molecule has 1 amide bonds. The van der Waals surface area contributed by atoms with E-state index >= 15 is 0 Å². The zero-order valence-electron chi connectivity index (χ0n) is 13.5. The molecule has 6 nitrogen and oxygen atoms in total. The third kappa shape index (κ3) is 3.03. The fourth-order valence-corrected chi connectivity index (χ4v) is 2.70. The average Bonchev–Trinajstić information content (AvgIpc) is 2.61. The molecule has 1 aliphatic heterocycles. The number of amides is 1. The van der Waals surface area contributed by atoms with Crippen molar-refractivity contribution < 1.29 is 9.59 Å². The minimum absolute atomic E-state index is 0.167. The van der Waals surface area contributed by atoms with Crippen molar-refractivity contribution in [1.29, 1.82) is 0 Å². The van der Waals surface area contributed by atoms with Crippen molar-refractivity contribution >= 4 is 34.5 Å². The van der Waals surface area contributed by atoms with Crippen LogP contribution in [0.15, 0.2) is 42.4 Å². The molecule has 1 aliphatic rings. The number of allylic oxidation sites excluding steroid dienone is 2. The molecular formula is C18H18N4O2. The van der Waals surface area contributed by atoms with Gasteiger partial charge in [0.25, 0.3) is 0 Å². The first-order valence-corrected chi connectivity index (χ1v) is 7.76. The lowest BCUT2D eigenvalue weighted by Crippen LogP contribution is -2.33. The molecule has 24 heavy (non-hydrogen) atoms. The second-order valence-electron chi connectivity index (χ2n) is 5.62. The van der Waals surface area contributed by atoms with Crippen molar-refractivity contribution in [3.8, 4) is 0 Å². The van der Waals surface area contributed by atoms with Crippen LogP contribution in [0.2, 0.25) is 0 Å². The fraction of sp³-hybridized carbons (Fsp3) is 0.222.